The van der Waals surface area contributed by atoms with Crippen LogP contribution in [-0.2, 0) is 19.1 Å². The molecule has 0 spiro atoms. The SMILES string of the molecule is CN1CCC[C@H]1COc1nc(N)c2c(n1)CN(c1c(F)cccc1C(F)(F)F)CC2. The van der Waals surface area contributed by atoms with E-state index in [0.29, 0.717) is 24.3 Å². The summed E-state index contributed by atoms with van der Waals surface area (Å²) in [6.07, 6.45) is -2.24. The van der Waals surface area contributed by atoms with Crippen molar-refractivity contribution in [2.75, 3.05) is 37.4 Å². The number of benzene rings is 1. The van der Waals surface area contributed by atoms with E-state index in [9.17, 15) is 17.6 Å². The van der Waals surface area contributed by atoms with Crippen molar-refractivity contribution in [2.45, 2.75) is 38.0 Å². The molecule has 30 heavy (non-hydrogen) atoms. The highest BCUT2D eigenvalue weighted by molar-refractivity contribution is 5.59. The third kappa shape index (κ3) is 4.00. The number of nitrogens with two attached hydrogens (primary N) is 1. The zero-order valence-corrected chi connectivity index (χ0v) is 16.5. The van der Waals surface area contributed by atoms with Crippen molar-refractivity contribution in [3.63, 3.8) is 0 Å². The van der Waals surface area contributed by atoms with Crippen molar-refractivity contribution in [1.29, 1.82) is 0 Å². The summed E-state index contributed by atoms with van der Waals surface area (Å²) in [5, 5.41) is 0. The molecule has 1 aromatic carbocycles. The van der Waals surface area contributed by atoms with Crippen LogP contribution in [0.3, 0.4) is 0 Å². The third-order valence-corrected chi connectivity index (χ3v) is 5.76. The predicted molar refractivity (Wildman–Crippen MR) is 104 cm³/mol. The average molecular weight is 425 g/mol. The molecule has 3 heterocycles. The van der Waals surface area contributed by atoms with Gasteiger partial charge in [0.05, 0.1) is 23.5 Å². The molecule has 1 atom stereocenters. The number of nitrogen functional groups attached to an aromatic ring is 1. The molecule has 1 aromatic heterocycles. The van der Waals surface area contributed by atoms with E-state index in [1.54, 1.807) is 0 Å². The number of halogens is 4. The van der Waals surface area contributed by atoms with Crippen molar-refractivity contribution < 1.29 is 22.3 Å². The van der Waals surface area contributed by atoms with Crippen LogP contribution in [0.1, 0.15) is 29.7 Å². The number of anilines is 2. The number of hydrogen-bond donors (Lipinski definition) is 1. The van der Waals surface area contributed by atoms with Crippen LogP contribution in [0.25, 0.3) is 0 Å². The molecule has 0 radical (unpaired) electrons. The highest BCUT2D eigenvalue weighted by Crippen LogP contribution is 2.40. The van der Waals surface area contributed by atoms with E-state index < -0.39 is 23.2 Å². The van der Waals surface area contributed by atoms with Gasteiger partial charge in [-0.3, -0.25) is 0 Å². The lowest BCUT2D eigenvalue weighted by atomic mass is 10.0. The standard InChI is InChI=1S/C20H23F4N5O/c1-28-8-3-4-12(28)11-30-19-26-16-10-29(9-7-13(16)18(25)27-19)17-14(20(22,23)24)5-2-6-15(17)21/h2,5-6,12H,3-4,7-11H2,1H3,(H2,25,26,27)/t12-/m0/s1. The summed E-state index contributed by atoms with van der Waals surface area (Å²) >= 11 is 0. The molecule has 2 aromatic rings. The van der Waals surface area contributed by atoms with Gasteiger partial charge in [0.25, 0.3) is 0 Å². The van der Waals surface area contributed by atoms with Crippen molar-refractivity contribution in [3.8, 4) is 6.01 Å². The fraction of sp³-hybridized carbons (Fsp3) is 0.500. The summed E-state index contributed by atoms with van der Waals surface area (Å²) in [6, 6.07) is 3.33. The Morgan fingerprint density at radius 3 is 2.73 bits per heavy atom. The van der Waals surface area contributed by atoms with E-state index in [1.165, 1.54) is 4.90 Å². The number of aromatic nitrogens is 2. The van der Waals surface area contributed by atoms with Crippen LogP contribution in [0, 0.1) is 5.82 Å². The second-order valence-corrected chi connectivity index (χ2v) is 7.71. The van der Waals surface area contributed by atoms with Gasteiger partial charge >= 0.3 is 12.2 Å². The quantitative estimate of drug-likeness (QED) is 0.759. The lowest BCUT2D eigenvalue weighted by molar-refractivity contribution is -0.137. The monoisotopic (exact) mass is 425 g/mol. The number of nitrogens with zero attached hydrogens (tertiary/aromatic N) is 4. The molecular formula is C20H23F4N5O. The number of hydrogen-bond acceptors (Lipinski definition) is 6. The number of likely N-dealkylation sites (N-methyl/N-ethyl adjacent to an activating group) is 1. The first-order valence-corrected chi connectivity index (χ1v) is 9.83. The first kappa shape index (κ1) is 20.6. The molecule has 10 heteroatoms. The lowest BCUT2D eigenvalue weighted by Gasteiger charge is -2.32. The summed E-state index contributed by atoms with van der Waals surface area (Å²) in [7, 11) is 2.02. The van der Waals surface area contributed by atoms with Crippen molar-refractivity contribution in [3.05, 3.63) is 40.8 Å². The third-order valence-electron chi connectivity index (χ3n) is 5.76. The van der Waals surface area contributed by atoms with E-state index in [0.717, 1.165) is 37.6 Å². The molecule has 4 rings (SSSR count). The van der Waals surface area contributed by atoms with E-state index in [1.807, 2.05) is 7.05 Å². The molecule has 0 aliphatic carbocycles. The molecule has 0 amide bonds. The van der Waals surface area contributed by atoms with Gasteiger partial charge in [0.15, 0.2) is 0 Å². The summed E-state index contributed by atoms with van der Waals surface area (Å²) in [5.74, 6) is -0.671. The molecule has 1 saturated heterocycles. The lowest BCUT2D eigenvalue weighted by Crippen LogP contribution is -2.34. The van der Waals surface area contributed by atoms with Gasteiger partial charge in [-0.1, -0.05) is 6.07 Å². The van der Waals surface area contributed by atoms with Gasteiger partial charge in [-0.15, -0.1) is 0 Å². The molecular weight excluding hydrogens is 402 g/mol. The Morgan fingerprint density at radius 1 is 1.23 bits per heavy atom. The Hall–Kier alpha value is -2.62. The summed E-state index contributed by atoms with van der Waals surface area (Å²) < 4.78 is 60.4. The van der Waals surface area contributed by atoms with Crippen LogP contribution in [0.5, 0.6) is 6.01 Å². The summed E-state index contributed by atoms with van der Waals surface area (Å²) in [6.45, 7) is 1.58. The van der Waals surface area contributed by atoms with Crippen LogP contribution in [0.4, 0.5) is 29.1 Å². The molecule has 6 nitrogen and oxygen atoms in total. The van der Waals surface area contributed by atoms with E-state index in [2.05, 4.69) is 14.9 Å². The maximum atomic E-state index is 14.4. The number of para-hydroxylation sites is 1. The van der Waals surface area contributed by atoms with Gasteiger partial charge in [-0.05, 0) is 45.0 Å². The molecule has 0 unspecified atom stereocenters. The molecule has 2 aliphatic rings. The normalized spacial score (nSPS) is 19.8. The molecule has 1 fully saturated rings. The highest BCUT2D eigenvalue weighted by atomic mass is 19.4. The number of ether oxygens (including phenoxy) is 1. The molecule has 2 N–H and O–H groups in total. The van der Waals surface area contributed by atoms with Crippen LogP contribution in [-0.4, -0.2) is 47.7 Å². The van der Waals surface area contributed by atoms with Gasteiger partial charge in [0.1, 0.15) is 18.2 Å². The second-order valence-electron chi connectivity index (χ2n) is 7.71. The predicted octanol–water partition coefficient (Wildman–Crippen LogP) is 3.25. The van der Waals surface area contributed by atoms with Gasteiger partial charge in [-0.2, -0.15) is 23.1 Å². The number of rotatable bonds is 4. The fourth-order valence-electron chi connectivity index (χ4n) is 4.12. The maximum Gasteiger partial charge on any atom is 0.418 e. The molecule has 162 valence electrons. The average Bonchev–Trinajstić information content (AvgIpc) is 3.10. The zero-order chi connectivity index (χ0) is 21.5. The largest absolute Gasteiger partial charge is 0.462 e. The fourth-order valence-corrected chi connectivity index (χ4v) is 4.12. The maximum absolute atomic E-state index is 14.4. The van der Waals surface area contributed by atoms with Crippen molar-refractivity contribution in [2.24, 2.45) is 0 Å². The first-order chi connectivity index (χ1) is 14.2. The molecule has 0 saturated carbocycles. The van der Waals surface area contributed by atoms with Crippen LogP contribution >= 0.6 is 0 Å². The van der Waals surface area contributed by atoms with Crippen molar-refractivity contribution >= 4 is 11.5 Å². The smallest absolute Gasteiger partial charge is 0.418 e. The van der Waals surface area contributed by atoms with Crippen LogP contribution < -0.4 is 15.4 Å². The topological polar surface area (TPSA) is 67.5 Å². The molecule has 0 bridgehead atoms. The minimum atomic E-state index is -4.66. The number of fused-ring (bicyclic) bond motifs is 1. The Morgan fingerprint density at radius 2 is 2.03 bits per heavy atom. The highest BCUT2D eigenvalue weighted by Gasteiger charge is 2.37. The van der Waals surface area contributed by atoms with Crippen LogP contribution in [0.2, 0.25) is 0 Å². The van der Waals surface area contributed by atoms with Gasteiger partial charge in [0, 0.05) is 18.2 Å². The Kier molecular flexibility index (Phi) is 5.44. The van der Waals surface area contributed by atoms with E-state index in [4.69, 9.17) is 10.5 Å². The second kappa shape index (κ2) is 7.90. The summed E-state index contributed by atoms with van der Waals surface area (Å²) in [4.78, 5) is 12.1. The molecule has 2 aliphatic heterocycles. The Labute approximate surface area is 171 Å². The van der Waals surface area contributed by atoms with E-state index in [-0.39, 0.29) is 31.0 Å². The van der Waals surface area contributed by atoms with Gasteiger partial charge in [0.2, 0.25) is 0 Å². The Balaban J connectivity index is 1.59. The van der Waals surface area contributed by atoms with Crippen molar-refractivity contribution in [1.82, 2.24) is 14.9 Å². The Bertz CT molecular complexity index is 936. The minimum absolute atomic E-state index is 0.00818. The van der Waals surface area contributed by atoms with Gasteiger partial charge in [-0.25, -0.2) is 4.39 Å². The minimum Gasteiger partial charge on any atom is -0.462 e. The number of alkyl halides is 3. The van der Waals surface area contributed by atoms with Gasteiger partial charge < -0.3 is 20.3 Å². The van der Waals surface area contributed by atoms with Crippen LogP contribution in [0.15, 0.2) is 18.2 Å². The number of likely N-dealkylation sites (tertiary alicyclic amines) is 1. The summed E-state index contributed by atoms with van der Waals surface area (Å²) in [5.41, 5.74) is 5.70. The first-order valence-electron chi connectivity index (χ1n) is 9.83. The van der Waals surface area contributed by atoms with E-state index >= 15 is 0 Å². The zero-order valence-electron chi connectivity index (χ0n) is 16.5.